The molecule has 0 aliphatic carbocycles. The average Bonchev–Trinajstić information content (AvgIpc) is 3.22. The van der Waals surface area contributed by atoms with E-state index >= 15 is 0 Å². The summed E-state index contributed by atoms with van der Waals surface area (Å²) < 4.78 is 2.69. The van der Waals surface area contributed by atoms with E-state index in [2.05, 4.69) is 20.8 Å². The Balaban J connectivity index is 1.61. The van der Waals surface area contributed by atoms with E-state index in [1.165, 1.54) is 11.6 Å². The van der Waals surface area contributed by atoms with Gasteiger partial charge < -0.3 is 20.7 Å². The fourth-order valence-corrected chi connectivity index (χ4v) is 2.69. The minimum atomic E-state index is -0.707. The van der Waals surface area contributed by atoms with Crippen LogP contribution in [0, 0.1) is 17.0 Å². The van der Waals surface area contributed by atoms with Gasteiger partial charge in [-0.3, -0.25) is 14.3 Å². The van der Waals surface area contributed by atoms with Gasteiger partial charge in [0.25, 0.3) is 5.91 Å². The molecule has 29 heavy (non-hydrogen) atoms. The van der Waals surface area contributed by atoms with Crippen LogP contribution in [0.1, 0.15) is 16.2 Å². The Morgan fingerprint density at radius 3 is 2.28 bits per heavy atom. The number of hydrogen-bond acceptors (Lipinski definition) is 6. The first-order chi connectivity index (χ1) is 13.7. The van der Waals surface area contributed by atoms with Crippen molar-refractivity contribution in [2.24, 2.45) is 7.05 Å². The zero-order valence-electron chi connectivity index (χ0n) is 15.4. The molecule has 1 aromatic carbocycles. The maximum absolute atomic E-state index is 12.2. The van der Waals surface area contributed by atoms with E-state index in [1.807, 2.05) is 0 Å². The number of anilines is 2. The molecule has 0 bridgehead atoms. The Hall–Kier alpha value is -3.73. The average molecular weight is 418 g/mol. The molecular weight excluding hydrogens is 402 g/mol. The van der Waals surface area contributed by atoms with E-state index in [-0.39, 0.29) is 23.2 Å². The molecule has 0 saturated carbocycles. The summed E-state index contributed by atoms with van der Waals surface area (Å²) in [5, 5.41) is 23.9. The zero-order valence-corrected chi connectivity index (χ0v) is 16.2. The molecule has 3 rings (SSSR count). The molecule has 11 nitrogen and oxygen atoms in total. The van der Waals surface area contributed by atoms with Crippen LogP contribution in [0.3, 0.4) is 0 Å². The van der Waals surface area contributed by atoms with Crippen LogP contribution in [0.5, 0.6) is 0 Å². The number of rotatable bonds is 6. The van der Waals surface area contributed by atoms with Crippen molar-refractivity contribution >= 4 is 40.6 Å². The number of benzene rings is 1. The molecule has 0 aliphatic rings. The van der Waals surface area contributed by atoms with Gasteiger partial charge in [0.2, 0.25) is 5.91 Å². The monoisotopic (exact) mass is 417 g/mol. The quantitative estimate of drug-likeness (QED) is 0.466. The number of nitrogens with one attached hydrogen (secondary N) is 2. The normalized spacial score (nSPS) is 10.6. The molecule has 0 unspecified atom stereocenters. The molecule has 0 fully saturated rings. The van der Waals surface area contributed by atoms with Crippen LogP contribution < -0.4 is 10.6 Å². The second-order valence-electron chi connectivity index (χ2n) is 6.09. The number of nitro groups is 1. The number of aryl methyl sites for hydroxylation is 1. The highest BCUT2D eigenvalue weighted by atomic mass is 35.5. The summed E-state index contributed by atoms with van der Waals surface area (Å²) in [5.74, 6) is -1.28. The van der Waals surface area contributed by atoms with E-state index < -0.39 is 16.6 Å². The zero-order chi connectivity index (χ0) is 21.1. The molecule has 0 saturated heterocycles. The molecule has 2 heterocycles. The summed E-state index contributed by atoms with van der Waals surface area (Å²) in [6, 6.07) is 8.06. The second-order valence-corrected chi connectivity index (χ2v) is 6.47. The number of carbonyl (C=O) groups is 2. The van der Waals surface area contributed by atoms with Crippen molar-refractivity contribution in [2.45, 2.75) is 13.5 Å². The van der Waals surface area contributed by atoms with Crippen LogP contribution in [0.2, 0.25) is 5.02 Å². The molecule has 2 N–H and O–H groups in total. The number of halogens is 1. The lowest BCUT2D eigenvalue weighted by molar-refractivity contribution is -0.389. The molecular formula is C17H16ClN7O4. The summed E-state index contributed by atoms with van der Waals surface area (Å²) in [6.45, 7) is 1.30. The smallest absolute Gasteiger partial charge is 0.358 e. The van der Waals surface area contributed by atoms with Crippen LogP contribution in [-0.2, 0) is 18.4 Å². The third kappa shape index (κ3) is 4.58. The van der Waals surface area contributed by atoms with Gasteiger partial charge in [-0.25, -0.2) is 0 Å². The predicted octanol–water partition coefficient (Wildman–Crippen LogP) is 2.38. The first kappa shape index (κ1) is 20.0. The third-order valence-electron chi connectivity index (χ3n) is 3.96. The lowest BCUT2D eigenvalue weighted by atomic mass is 10.2. The van der Waals surface area contributed by atoms with Crippen molar-refractivity contribution in [3.63, 3.8) is 0 Å². The van der Waals surface area contributed by atoms with E-state index in [1.54, 1.807) is 43.6 Å². The number of nitrogens with zero attached hydrogens (tertiary/aromatic N) is 5. The van der Waals surface area contributed by atoms with Crippen molar-refractivity contribution in [1.29, 1.82) is 0 Å². The Kier molecular flexibility index (Phi) is 5.59. The SMILES string of the molecule is Cc1c(Cl)c([N+](=O)[O-])nn1CC(=O)Nc1ccc(NC(=O)c2ccn(C)n2)cc1. The van der Waals surface area contributed by atoms with Gasteiger partial charge in [0.1, 0.15) is 6.54 Å². The van der Waals surface area contributed by atoms with E-state index in [0.29, 0.717) is 17.1 Å². The minimum Gasteiger partial charge on any atom is -0.358 e. The Morgan fingerprint density at radius 2 is 1.76 bits per heavy atom. The van der Waals surface area contributed by atoms with Gasteiger partial charge in [0.15, 0.2) is 10.7 Å². The van der Waals surface area contributed by atoms with Crippen LogP contribution >= 0.6 is 11.6 Å². The summed E-state index contributed by atoms with van der Waals surface area (Å²) in [6.07, 6.45) is 1.66. The minimum absolute atomic E-state index is 0.101. The number of carbonyl (C=O) groups excluding carboxylic acids is 2. The van der Waals surface area contributed by atoms with E-state index in [4.69, 9.17) is 11.6 Å². The molecule has 0 radical (unpaired) electrons. The number of hydrogen-bond donors (Lipinski definition) is 2. The second kappa shape index (κ2) is 8.10. The van der Waals surface area contributed by atoms with Gasteiger partial charge in [0.05, 0.1) is 10.8 Å². The van der Waals surface area contributed by atoms with Gasteiger partial charge in [-0.05, 0) is 42.2 Å². The number of aromatic nitrogens is 4. The molecule has 150 valence electrons. The highest BCUT2D eigenvalue weighted by Gasteiger charge is 2.25. The van der Waals surface area contributed by atoms with E-state index in [0.717, 1.165) is 4.68 Å². The van der Waals surface area contributed by atoms with Crippen molar-refractivity contribution in [3.05, 3.63) is 63.1 Å². The topological polar surface area (TPSA) is 137 Å². The van der Waals surface area contributed by atoms with Crippen LogP contribution in [-0.4, -0.2) is 36.3 Å². The maximum atomic E-state index is 12.2. The summed E-state index contributed by atoms with van der Waals surface area (Å²) in [4.78, 5) is 34.5. The molecule has 3 aromatic rings. The predicted molar refractivity (Wildman–Crippen MR) is 105 cm³/mol. The lowest BCUT2D eigenvalue weighted by Gasteiger charge is -2.07. The summed E-state index contributed by atoms with van der Waals surface area (Å²) in [5.41, 5.74) is 1.62. The van der Waals surface area contributed by atoms with Gasteiger partial charge in [-0.15, -0.1) is 0 Å². The van der Waals surface area contributed by atoms with Gasteiger partial charge in [0, 0.05) is 24.6 Å². The third-order valence-corrected chi connectivity index (χ3v) is 4.40. The van der Waals surface area contributed by atoms with Gasteiger partial charge >= 0.3 is 5.82 Å². The highest BCUT2D eigenvalue weighted by molar-refractivity contribution is 6.33. The van der Waals surface area contributed by atoms with Gasteiger partial charge in [-0.2, -0.15) is 9.78 Å². The van der Waals surface area contributed by atoms with E-state index in [9.17, 15) is 19.7 Å². The van der Waals surface area contributed by atoms with Crippen LogP contribution in [0.25, 0.3) is 0 Å². The first-order valence-corrected chi connectivity index (χ1v) is 8.70. The fourth-order valence-electron chi connectivity index (χ4n) is 2.48. The summed E-state index contributed by atoms with van der Waals surface area (Å²) >= 11 is 5.86. The Morgan fingerprint density at radius 1 is 1.14 bits per heavy atom. The molecule has 2 amide bonds. The van der Waals surface area contributed by atoms with Crippen molar-refractivity contribution in [2.75, 3.05) is 10.6 Å². The molecule has 12 heteroatoms. The van der Waals surface area contributed by atoms with Crippen LogP contribution in [0.15, 0.2) is 36.5 Å². The van der Waals surface area contributed by atoms with Crippen molar-refractivity contribution in [3.8, 4) is 0 Å². The standard InChI is InChI=1S/C17H16ClN7O4/c1-10-15(18)16(25(28)29)22-24(10)9-14(26)19-11-3-5-12(6-4-11)20-17(27)13-7-8-23(2)21-13/h3-8H,9H2,1-2H3,(H,19,26)(H,20,27). The summed E-state index contributed by atoms with van der Waals surface area (Å²) in [7, 11) is 1.71. The molecule has 0 spiro atoms. The fraction of sp³-hybridized carbons (Fsp3) is 0.176. The maximum Gasteiger partial charge on any atom is 0.408 e. The Bertz CT molecular complexity index is 1090. The number of amides is 2. The first-order valence-electron chi connectivity index (χ1n) is 8.33. The Labute approximate surface area is 169 Å². The molecule has 0 aliphatic heterocycles. The molecule has 0 atom stereocenters. The lowest BCUT2D eigenvalue weighted by Crippen LogP contribution is -2.20. The van der Waals surface area contributed by atoms with Gasteiger partial charge in [-0.1, -0.05) is 11.6 Å². The largest absolute Gasteiger partial charge is 0.408 e. The highest BCUT2D eigenvalue weighted by Crippen LogP contribution is 2.26. The van der Waals surface area contributed by atoms with Crippen molar-refractivity contribution < 1.29 is 14.5 Å². The van der Waals surface area contributed by atoms with Crippen molar-refractivity contribution in [1.82, 2.24) is 19.6 Å². The van der Waals surface area contributed by atoms with Crippen LogP contribution in [0.4, 0.5) is 17.2 Å². The molecule has 2 aromatic heterocycles.